The van der Waals surface area contributed by atoms with Crippen LogP contribution in [0.15, 0.2) is 36.7 Å². The van der Waals surface area contributed by atoms with E-state index in [1.807, 2.05) is 0 Å². The summed E-state index contributed by atoms with van der Waals surface area (Å²) in [5, 5.41) is 12.9. The Morgan fingerprint density at radius 3 is 2.61 bits per heavy atom. The van der Waals surface area contributed by atoms with Crippen molar-refractivity contribution >= 4 is 11.7 Å². The summed E-state index contributed by atoms with van der Waals surface area (Å²) < 4.78 is 54.2. The van der Waals surface area contributed by atoms with Gasteiger partial charge in [-0.25, -0.2) is 22.2 Å². The van der Waals surface area contributed by atoms with Crippen molar-refractivity contribution < 1.29 is 22.4 Å². The molecule has 1 saturated carbocycles. The fourth-order valence-electron chi connectivity index (χ4n) is 2.88. The van der Waals surface area contributed by atoms with E-state index in [1.54, 1.807) is 6.92 Å². The summed E-state index contributed by atoms with van der Waals surface area (Å²) in [6, 6.07) is 4.37. The quantitative estimate of drug-likeness (QED) is 0.649. The number of aromatic amines is 1. The van der Waals surface area contributed by atoms with Crippen LogP contribution in [-0.2, 0) is 4.79 Å². The van der Waals surface area contributed by atoms with Gasteiger partial charge in [0.1, 0.15) is 17.5 Å². The molecule has 1 aromatic carbocycles. The zero-order valence-electron chi connectivity index (χ0n) is 14.6. The third-order valence-corrected chi connectivity index (χ3v) is 4.65. The summed E-state index contributed by atoms with van der Waals surface area (Å²) in [5.74, 6) is -5.99. The number of rotatable bonds is 5. The summed E-state index contributed by atoms with van der Waals surface area (Å²) in [7, 11) is 0. The Balaban J connectivity index is 1.45. The monoisotopic (exact) mass is 393 g/mol. The predicted octanol–water partition coefficient (Wildman–Crippen LogP) is 3.74. The van der Waals surface area contributed by atoms with Crippen LogP contribution >= 0.6 is 0 Å². The highest BCUT2D eigenvalue weighted by atomic mass is 19.3. The number of benzene rings is 1. The zero-order chi connectivity index (χ0) is 20.1. The normalized spacial score (nSPS) is 18.7. The largest absolute Gasteiger partial charge is 0.311 e. The van der Waals surface area contributed by atoms with Gasteiger partial charge in [-0.15, -0.1) is 0 Å². The number of hydrogen-bond acceptors (Lipinski definition) is 3. The zero-order valence-corrected chi connectivity index (χ0v) is 14.6. The summed E-state index contributed by atoms with van der Waals surface area (Å²) in [4.78, 5) is 12.4. The fraction of sp³-hybridized carbons (Fsp3) is 0.278. The average Bonchev–Trinajstić information content (AvgIpc) is 3.01. The molecule has 0 aliphatic heterocycles. The average molecular weight is 393 g/mol. The highest BCUT2D eigenvalue weighted by Crippen LogP contribution is 2.55. The first-order valence-electron chi connectivity index (χ1n) is 8.48. The van der Waals surface area contributed by atoms with Gasteiger partial charge in [0.05, 0.1) is 29.4 Å². The van der Waals surface area contributed by atoms with E-state index in [4.69, 9.17) is 0 Å². The number of halogens is 4. The molecule has 1 fully saturated rings. The fourth-order valence-corrected chi connectivity index (χ4v) is 2.88. The molecule has 0 saturated heterocycles. The van der Waals surface area contributed by atoms with Crippen LogP contribution in [0.25, 0.3) is 5.69 Å². The first kappa shape index (κ1) is 18.2. The maximum absolute atomic E-state index is 13.4. The Hall–Kier alpha value is -3.17. The van der Waals surface area contributed by atoms with Crippen molar-refractivity contribution in [2.24, 2.45) is 0 Å². The van der Waals surface area contributed by atoms with Gasteiger partial charge in [-0.05, 0) is 19.1 Å². The van der Waals surface area contributed by atoms with Crippen LogP contribution in [0.4, 0.5) is 23.4 Å². The Morgan fingerprint density at radius 1 is 1.29 bits per heavy atom. The number of nitrogens with one attached hydrogen (secondary N) is 2. The molecule has 6 nitrogen and oxygen atoms in total. The second kappa shape index (κ2) is 6.47. The SMILES string of the molecule is CC(C(=O)Nc1cc(C2CC2(F)F)n[nH]1)c1cnn(-c2cc(F)cc(F)c2)c1. The van der Waals surface area contributed by atoms with E-state index >= 15 is 0 Å². The molecule has 1 aliphatic carbocycles. The number of alkyl halides is 2. The van der Waals surface area contributed by atoms with E-state index in [1.165, 1.54) is 23.1 Å². The second-order valence-corrected chi connectivity index (χ2v) is 6.78. The number of hydrogen-bond donors (Lipinski definition) is 2. The van der Waals surface area contributed by atoms with E-state index < -0.39 is 35.3 Å². The lowest BCUT2D eigenvalue weighted by molar-refractivity contribution is -0.117. The molecule has 0 spiro atoms. The van der Waals surface area contributed by atoms with Crippen molar-refractivity contribution in [3.8, 4) is 5.69 Å². The summed E-state index contributed by atoms with van der Waals surface area (Å²) >= 11 is 0. The Kier molecular flexibility index (Phi) is 4.20. The molecule has 1 amide bonds. The number of aromatic nitrogens is 4. The molecule has 0 radical (unpaired) electrons. The second-order valence-electron chi connectivity index (χ2n) is 6.78. The van der Waals surface area contributed by atoms with Gasteiger partial charge in [0, 0.05) is 30.3 Å². The minimum absolute atomic E-state index is 0.180. The van der Waals surface area contributed by atoms with Crippen molar-refractivity contribution in [3.05, 3.63) is 59.6 Å². The maximum atomic E-state index is 13.4. The molecule has 1 aliphatic rings. The smallest absolute Gasteiger partial charge is 0.257 e. The number of carbonyl (C=O) groups excluding carboxylic acids is 1. The van der Waals surface area contributed by atoms with Gasteiger partial charge in [-0.1, -0.05) is 0 Å². The van der Waals surface area contributed by atoms with Gasteiger partial charge in [-0.3, -0.25) is 9.89 Å². The van der Waals surface area contributed by atoms with Crippen molar-refractivity contribution in [1.82, 2.24) is 20.0 Å². The number of nitrogens with zero attached hydrogens (tertiary/aromatic N) is 3. The lowest BCUT2D eigenvalue weighted by Crippen LogP contribution is -2.18. The third-order valence-electron chi connectivity index (χ3n) is 4.65. The van der Waals surface area contributed by atoms with Crippen LogP contribution in [0, 0.1) is 11.6 Å². The van der Waals surface area contributed by atoms with Gasteiger partial charge in [0.2, 0.25) is 5.91 Å². The molecule has 2 atom stereocenters. The molecular weight excluding hydrogens is 378 g/mol. The lowest BCUT2D eigenvalue weighted by Gasteiger charge is -2.08. The minimum Gasteiger partial charge on any atom is -0.311 e. The maximum Gasteiger partial charge on any atom is 0.257 e. The lowest BCUT2D eigenvalue weighted by atomic mass is 10.0. The molecule has 2 aromatic heterocycles. The highest BCUT2D eigenvalue weighted by Gasteiger charge is 2.58. The van der Waals surface area contributed by atoms with E-state index in [0.29, 0.717) is 5.56 Å². The first-order valence-corrected chi connectivity index (χ1v) is 8.48. The number of amides is 1. The van der Waals surface area contributed by atoms with Crippen LogP contribution in [0.5, 0.6) is 0 Å². The standard InChI is InChI=1S/C18H15F4N5O/c1-9(10-7-23-27(8-10)13-3-11(19)2-12(20)4-13)17(28)24-16-5-15(25-26-16)14-6-18(14,21)22/h2-5,7-9,14H,6H2,1H3,(H2,24,25,26,28). The minimum atomic E-state index is -2.74. The Labute approximate surface area is 156 Å². The first-order chi connectivity index (χ1) is 13.2. The molecule has 0 bridgehead atoms. The number of carbonyl (C=O) groups is 1. The summed E-state index contributed by atoms with van der Waals surface area (Å²) in [5.41, 5.74) is 0.893. The van der Waals surface area contributed by atoms with E-state index in [0.717, 1.165) is 18.2 Å². The third kappa shape index (κ3) is 3.49. The van der Waals surface area contributed by atoms with Gasteiger partial charge in [0.25, 0.3) is 5.92 Å². The van der Waals surface area contributed by atoms with Crippen LogP contribution < -0.4 is 5.32 Å². The van der Waals surface area contributed by atoms with Gasteiger partial charge in [0.15, 0.2) is 0 Å². The van der Waals surface area contributed by atoms with E-state index in [2.05, 4.69) is 20.6 Å². The predicted molar refractivity (Wildman–Crippen MR) is 91.4 cm³/mol. The van der Waals surface area contributed by atoms with Crippen LogP contribution in [0.1, 0.15) is 36.4 Å². The Bertz CT molecular complexity index is 1020. The molecule has 146 valence electrons. The van der Waals surface area contributed by atoms with Gasteiger partial charge in [-0.2, -0.15) is 10.2 Å². The molecule has 2 heterocycles. The van der Waals surface area contributed by atoms with Crippen molar-refractivity contribution in [3.63, 3.8) is 0 Å². The summed E-state index contributed by atoms with van der Waals surface area (Å²) in [6.07, 6.45) is 2.65. The van der Waals surface area contributed by atoms with Crippen LogP contribution in [0.2, 0.25) is 0 Å². The van der Waals surface area contributed by atoms with Crippen LogP contribution in [0.3, 0.4) is 0 Å². The molecule has 2 unspecified atom stereocenters. The van der Waals surface area contributed by atoms with Gasteiger partial charge >= 0.3 is 0 Å². The van der Waals surface area contributed by atoms with Crippen molar-refractivity contribution in [2.45, 2.75) is 31.1 Å². The Morgan fingerprint density at radius 2 is 1.96 bits per heavy atom. The van der Waals surface area contributed by atoms with Crippen molar-refractivity contribution in [1.29, 1.82) is 0 Å². The van der Waals surface area contributed by atoms with E-state index in [-0.39, 0.29) is 23.6 Å². The van der Waals surface area contributed by atoms with Crippen LogP contribution in [-0.4, -0.2) is 31.8 Å². The number of H-pyrrole nitrogens is 1. The molecule has 10 heteroatoms. The topological polar surface area (TPSA) is 75.6 Å². The summed E-state index contributed by atoms with van der Waals surface area (Å²) in [6.45, 7) is 1.62. The molecular formula is C18H15F4N5O. The molecule has 2 N–H and O–H groups in total. The van der Waals surface area contributed by atoms with Crippen molar-refractivity contribution in [2.75, 3.05) is 5.32 Å². The van der Waals surface area contributed by atoms with Gasteiger partial charge < -0.3 is 5.32 Å². The molecule has 4 rings (SSSR count). The highest BCUT2D eigenvalue weighted by molar-refractivity contribution is 5.94. The number of anilines is 1. The molecule has 28 heavy (non-hydrogen) atoms. The van der Waals surface area contributed by atoms with E-state index in [9.17, 15) is 22.4 Å². The molecule has 3 aromatic rings.